The smallest absolute Gasteiger partial charge is 0.159 e. The summed E-state index contributed by atoms with van der Waals surface area (Å²) < 4.78 is 0. The molecular weight excluding hydrogens is 312 g/mol. The second kappa shape index (κ2) is 7.57. The number of anilines is 3. The fourth-order valence-corrected chi connectivity index (χ4v) is 2.48. The number of Topliss-reactive ketones (excluding diaryl/α,β-unsaturated/α-hetero) is 1. The number of benzene rings is 2. The molecule has 0 aliphatic rings. The first-order chi connectivity index (χ1) is 12.1. The first-order valence-electron chi connectivity index (χ1n) is 8.10. The van der Waals surface area contributed by atoms with Crippen LogP contribution >= 0.6 is 0 Å². The molecule has 126 valence electrons. The summed E-state index contributed by atoms with van der Waals surface area (Å²) in [4.78, 5) is 20.0. The molecule has 5 nitrogen and oxygen atoms in total. The highest BCUT2D eigenvalue weighted by atomic mass is 16.1. The maximum Gasteiger partial charge on any atom is 0.159 e. The van der Waals surface area contributed by atoms with Gasteiger partial charge in [0.25, 0.3) is 0 Å². The number of hydrogen-bond acceptors (Lipinski definition) is 5. The summed E-state index contributed by atoms with van der Waals surface area (Å²) in [6.45, 7) is 4.34. The van der Waals surface area contributed by atoms with E-state index in [0.29, 0.717) is 17.9 Å². The van der Waals surface area contributed by atoms with E-state index in [0.717, 1.165) is 11.5 Å². The van der Waals surface area contributed by atoms with Crippen molar-refractivity contribution in [2.75, 3.05) is 10.6 Å². The topological polar surface area (TPSA) is 66.9 Å². The number of carbonyl (C=O) groups is 1. The van der Waals surface area contributed by atoms with Gasteiger partial charge in [-0.05, 0) is 37.1 Å². The lowest BCUT2D eigenvalue weighted by Crippen LogP contribution is -2.04. The normalized spacial score (nSPS) is 10.3. The third kappa shape index (κ3) is 4.41. The highest BCUT2D eigenvalue weighted by molar-refractivity contribution is 5.95. The van der Waals surface area contributed by atoms with Gasteiger partial charge in [-0.15, -0.1) is 0 Å². The Morgan fingerprint density at radius 3 is 2.60 bits per heavy atom. The molecule has 0 unspecified atom stereocenters. The van der Waals surface area contributed by atoms with Gasteiger partial charge in [-0.1, -0.05) is 36.4 Å². The van der Waals surface area contributed by atoms with E-state index in [1.807, 2.05) is 36.4 Å². The minimum atomic E-state index is 0.0342. The van der Waals surface area contributed by atoms with Gasteiger partial charge in [0.15, 0.2) is 5.78 Å². The molecule has 5 heteroatoms. The molecule has 0 atom stereocenters. The van der Waals surface area contributed by atoms with E-state index < -0.39 is 0 Å². The Bertz CT molecular complexity index is 892. The van der Waals surface area contributed by atoms with Gasteiger partial charge in [0.05, 0.1) is 0 Å². The number of aromatic nitrogens is 2. The van der Waals surface area contributed by atoms with E-state index in [1.54, 1.807) is 13.0 Å². The summed E-state index contributed by atoms with van der Waals surface area (Å²) in [6.07, 6.45) is 1.51. The van der Waals surface area contributed by atoms with Crippen molar-refractivity contribution in [3.8, 4) is 0 Å². The van der Waals surface area contributed by atoms with Gasteiger partial charge in [0.1, 0.15) is 18.0 Å². The summed E-state index contributed by atoms with van der Waals surface area (Å²) in [7, 11) is 0. The standard InChI is InChI=1S/C20H20N4O/c1-14-6-3-4-7-17(14)12-21-19-11-20(23-13-22-19)24-18-9-5-8-16(10-18)15(2)25/h3-11,13H,12H2,1-2H3,(H2,21,22,23,24). The Hall–Kier alpha value is -3.21. The van der Waals surface area contributed by atoms with Crippen molar-refractivity contribution in [1.82, 2.24) is 9.97 Å². The molecule has 25 heavy (non-hydrogen) atoms. The lowest BCUT2D eigenvalue weighted by atomic mass is 10.1. The first kappa shape index (κ1) is 16.6. The molecule has 0 spiro atoms. The van der Waals surface area contributed by atoms with Gasteiger partial charge in [0, 0.05) is 23.9 Å². The lowest BCUT2D eigenvalue weighted by Gasteiger charge is -2.10. The van der Waals surface area contributed by atoms with E-state index in [9.17, 15) is 4.79 Å². The van der Waals surface area contributed by atoms with Crippen molar-refractivity contribution in [3.63, 3.8) is 0 Å². The number of ketones is 1. The van der Waals surface area contributed by atoms with Gasteiger partial charge in [-0.3, -0.25) is 4.79 Å². The number of rotatable bonds is 6. The fourth-order valence-electron chi connectivity index (χ4n) is 2.48. The predicted molar refractivity (Wildman–Crippen MR) is 100 cm³/mol. The average molecular weight is 332 g/mol. The number of hydrogen-bond donors (Lipinski definition) is 2. The van der Waals surface area contributed by atoms with Crippen LogP contribution in [0.25, 0.3) is 0 Å². The Labute approximate surface area is 147 Å². The maximum atomic E-state index is 11.5. The zero-order chi connectivity index (χ0) is 17.6. The SMILES string of the molecule is CC(=O)c1cccc(Nc2cc(NCc3ccccc3C)ncn2)c1. The number of carbonyl (C=O) groups excluding carboxylic acids is 1. The molecule has 0 aliphatic heterocycles. The van der Waals surface area contributed by atoms with E-state index in [4.69, 9.17) is 0 Å². The molecule has 0 amide bonds. The zero-order valence-corrected chi connectivity index (χ0v) is 14.3. The van der Waals surface area contributed by atoms with Crippen LogP contribution in [0.1, 0.15) is 28.4 Å². The first-order valence-corrected chi connectivity index (χ1v) is 8.10. The van der Waals surface area contributed by atoms with Crippen LogP contribution in [0, 0.1) is 6.92 Å². The molecule has 0 saturated carbocycles. The molecule has 3 rings (SSSR count). The minimum absolute atomic E-state index is 0.0342. The van der Waals surface area contributed by atoms with E-state index in [1.165, 1.54) is 17.5 Å². The molecule has 0 bridgehead atoms. The summed E-state index contributed by atoms with van der Waals surface area (Å²) in [5.41, 5.74) is 3.95. The quantitative estimate of drug-likeness (QED) is 0.657. The third-order valence-corrected chi connectivity index (χ3v) is 3.93. The van der Waals surface area contributed by atoms with Crippen molar-refractivity contribution in [1.29, 1.82) is 0 Å². The molecule has 1 heterocycles. The Morgan fingerprint density at radius 1 is 1.00 bits per heavy atom. The van der Waals surface area contributed by atoms with Gasteiger partial charge < -0.3 is 10.6 Å². The van der Waals surface area contributed by atoms with Gasteiger partial charge in [-0.2, -0.15) is 0 Å². The molecule has 1 aromatic heterocycles. The van der Waals surface area contributed by atoms with Crippen LogP contribution in [-0.2, 0) is 6.54 Å². The molecule has 3 aromatic rings. The summed E-state index contributed by atoms with van der Waals surface area (Å²) in [5, 5.41) is 6.52. The van der Waals surface area contributed by atoms with Gasteiger partial charge in [-0.25, -0.2) is 9.97 Å². The number of nitrogens with zero attached hydrogens (tertiary/aromatic N) is 2. The van der Waals surface area contributed by atoms with E-state index in [-0.39, 0.29) is 5.78 Å². The molecule has 2 aromatic carbocycles. The Morgan fingerprint density at radius 2 is 1.80 bits per heavy atom. The molecule has 0 aliphatic carbocycles. The molecular formula is C20H20N4O. The Balaban J connectivity index is 1.70. The van der Waals surface area contributed by atoms with Crippen LogP contribution in [0.15, 0.2) is 60.9 Å². The minimum Gasteiger partial charge on any atom is -0.366 e. The highest BCUT2D eigenvalue weighted by Gasteiger charge is 2.04. The van der Waals surface area contributed by atoms with Crippen molar-refractivity contribution in [2.24, 2.45) is 0 Å². The molecule has 0 fully saturated rings. The van der Waals surface area contributed by atoms with E-state index in [2.05, 4.69) is 39.7 Å². The average Bonchev–Trinajstić information content (AvgIpc) is 2.61. The molecule has 0 saturated heterocycles. The fraction of sp³-hybridized carbons (Fsp3) is 0.150. The lowest BCUT2D eigenvalue weighted by molar-refractivity contribution is 0.101. The van der Waals surface area contributed by atoms with Crippen molar-refractivity contribution < 1.29 is 4.79 Å². The number of aryl methyl sites for hydroxylation is 1. The number of nitrogens with one attached hydrogen (secondary N) is 2. The van der Waals surface area contributed by atoms with Gasteiger partial charge >= 0.3 is 0 Å². The largest absolute Gasteiger partial charge is 0.366 e. The predicted octanol–water partition coefficient (Wildman–Crippen LogP) is 4.34. The second-order valence-electron chi connectivity index (χ2n) is 5.83. The van der Waals surface area contributed by atoms with Crippen LogP contribution in [-0.4, -0.2) is 15.8 Å². The van der Waals surface area contributed by atoms with Crippen molar-refractivity contribution >= 4 is 23.1 Å². The van der Waals surface area contributed by atoms with Crippen LogP contribution in [0.4, 0.5) is 17.3 Å². The van der Waals surface area contributed by atoms with E-state index >= 15 is 0 Å². The highest BCUT2D eigenvalue weighted by Crippen LogP contribution is 2.18. The van der Waals surface area contributed by atoms with Crippen LogP contribution in [0.3, 0.4) is 0 Å². The monoisotopic (exact) mass is 332 g/mol. The summed E-state index contributed by atoms with van der Waals surface area (Å²) in [5.74, 6) is 1.44. The molecule has 2 N–H and O–H groups in total. The van der Waals surface area contributed by atoms with Crippen LogP contribution < -0.4 is 10.6 Å². The van der Waals surface area contributed by atoms with Crippen LogP contribution in [0.5, 0.6) is 0 Å². The maximum absolute atomic E-state index is 11.5. The van der Waals surface area contributed by atoms with Gasteiger partial charge in [0.2, 0.25) is 0 Å². The summed E-state index contributed by atoms with van der Waals surface area (Å²) in [6, 6.07) is 17.4. The van der Waals surface area contributed by atoms with Crippen LogP contribution in [0.2, 0.25) is 0 Å². The molecule has 0 radical (unpaired) electrons. The zero-order valence-electron chi connectivity index (χ0n) is 14.3. The van der Waals surface area contributed by atoms with Crippen molar-refractivity contribution in [2.45, 2.75) is 20.4 Å². The Kier molecular flexibility index (Phi) is 5.04. The second-order valence-corrected chi connectivity index (χ2v) is 5.83. The van der Waals surface area contributed by atoms with Crippen molar-refractivity contribution in [3.05, 3.63) is 77.6 Å². The summed E-state index contributed by atoms with van der Waals surface area (Å²) >= 11 is 0. The third-order valence-electron chi connectivity index (χ3n) is 3.93.